The number of aldehydes is 1. The quantitative estimate of drug-likeness (QED) is 0.630. The third kappa shape index (κ3) is 2.64. The molecule has 1 saturated heterocycles. The van der Waals surface area contributed by atoms with Crippen LogP contribution in [0.3, 0.4) is 0 Å². The second kappa shape index (κ2) is 6.40. The maximum Gasteiger partial charge on any atom is 0.227 e. The number of halogens is 1. The monoisotopic (exact) mass is 342 g/mol. The summed E-state index contributed by atoms with van der Waals surface area (Å²) in [6.45, 7) is 4.53. The lowest BCUT2D eigenvalue weighted by Gasteiger charge is -2.35. The average Bonchev–Trinajstić information content (AvgIpc) is 3.07. The van der Waals surface area contributed by atoms with E-state index < -0.39 is 5.95 Å². The van der Waals surface area contributed by atoms with Crippen molar-refractivity contribution in [3.8, 4) is 0 Å². The van der Waals surface area contributed by atoms with Crippen molar-refractivity contribution in [1.29, 1.82) is 0 Å². The van der Waals surface area contributed by atoms with Gasteiger partial charge < -0.3 is 14.5 Å². The van der Waals surface area contributed by atoms with Gasteiger partial charge in [-0.25, -0.2) is 4.98 Å². The van der Waals surface area contributed by atoms with E-state index in [4.69, 9.17) is 4.74 Å². The van der Waals surface area contributed by atoms with Crippen LogP contribution >= 0.6 is 0 Å². The first-order valence-electron chi connectivity index (χ1n) is 8.40. The molecule has 2 aromatic rings. The molecule has 0 unspecified atom stereocenters. The van der Waals surface area contributed by atoms with Gasteiger partial charge in [0.05, 0.1) is 42.4 Å². The summed E-state index contributed by atoms with van der Waals surface area (Å²) in [6.07, 6.45) is 4.67. The van der Waals surface area contributed by atoms with Crippen LogP contribution < -0.4 is 9.80 Å². The number of pyridine rings is 2. The van der Waals surface area contributed by atoms with Crippen molar-refractivity contribution in [2.24, 2.45) is 0 Å². The fourth-order valence-electron chi connectivity index (χ4n) is 3.62. The maximum absolute atomic E-state index is 14.6. The van der Waals surface area contributed by atoms with Gasteiger partial charge in [-0.05, 0) is 25.5 Å². The van der Waals surface area contributed by atoms with E-state index >= 15 is 0 Å². The van der Waals surface area contributed by atoms with E-state index in [9.17, 15) is 9.18 Å². The van der Waals surface area contributed by atoms with E-state index in [1.807, 2.05) is 24.0 Å². The van der Waals surface area contributed by atoms with E-state index in [0.717, 1.165) is 11.3 Å². The second-order valence-electron chi connectivity index (χ2n) is 6.32. The summed E-state index contributed by atoms with van der Waals surface area (Å²) >= 11 is 0. The van der Waals surface area contributed by atoms with Gasteiger partial charge in [-0.1, -0.05) is 0 Å². The number of carbonyl (C=O) groups excluding carboxylic acids is 1. The molecule has 2 aliphatic heterocycles. The molecule has 6 nitrogen and oxygen atoms in total. The van der Waals surface area contributed by atoms with E-state index in [1.54, 1.807) is 12.4 Å². The molecule has 1 fully saturated rings. The van der Waals surface area contributed by atoms with Crippen LogP contribution in [0.4, 0.5) is 21.6 Å². The summed E-state index contributed by atoms with van der Waals surface area (Å²) in [5.41, 5.74) is 2.39. The molecule has 0 aromatic carbocycles. The number of rotatable bonds is 3. The minimum atomic E-state index is -0.724. The van der Waals surface area contributed by atoms with Gasteiger partial charge in [-0.2, -0.15) is 4.39 Å². The van der Waals surface area contributed by atoms with Crippen LogP contribution in [0.15, 0.2) is 24.5 Å². The largest absolute Gasteiger partial charge is 0.377 e. The minimum absolute atomic E-state index is 0.0148. The summed E-state index contributed by atoms with van der Waals surface area (Å²) in [5, 5.41) is 0. The second-order valence-corrected chi connectivity index (χ2v) is 6.32. The first-order chi connectivity index (χ1) is 12.2. The van der Waals surface area contributed by atoms with Crippen LogP contribution in [0.2, 0.25) is 0 Å². The fraction of sp³-hybridized carbons (Fsp3) is 0.389. The van der Waals surface area contributed by atoms with Crippen molar-refractivity contribution in [3.63, 3.8) is 0 Å². The summed E-state index contributed by atoms with van der Waals surface area (Å²) in [7, 11) is 0. The molecule has 2 aliphatic rings. The average molecular weight is 342 g/mol. The molecular formula is C18H19FN4O2. The molecule has 0 aliphatic carbocycles. The highest BCUT2D eigenvalue weighted by Gasteiger charge is 2.33. The van der Waals surface area contributed by atoms with Gasteiger partial charge in [-0.15, -0.1) is 0 Å². The van der Waals surface area contributed by atoms with Crippen molar-refractivity contribution < 1.29 is 13.9 Å². The standard InChI is InChI=1S/C18H19FN4O2/c1-12-11-25-8-7-22(12)18-14-4-6-23(13-3-2-5-20-9-13)16(14)15(10-24)17(19)21-18/h2-3,5,9-10,12H,4,6-8,11H2,1H3/t12-/m1/s1. The Kier molecular flexibility index (Phi) is 4.09. The van der Waals surface area contributed by atoms with Gasteiger partial charge in [-0.3, -0.25) is 9.78 Å². The van der Waals surface area contributed by atoms with Gasteiger partial charge in [0.15, 0.2) is 6.29 Å². The normalized spacial score (nSPS) is 19.8. The molecule has 25 heavy (non-hydrogen) atoms. The number of fused-ring (bicyclic) bond motifs is 1. The predicted molar refractivity (Wildman–Crippen MR) is 92.2 cm³/mol. The van der Waals surface area contributed by atoms with Gasteiger partial charge in [0.2, 0.25) is 5.95 Å². The van der Waals surface area contributed by atoms with Crippen molar-refractivity contribution in [1.82, 2.24) is 9.97 Å². The van der Waals surface area contributed by atoms with Crippen LogP contribution in [-0.4, -0.2) is 48.6 Å². The Morgan fingerprint density at radius 3 is 3.00 bits per heavy atom. The van der Waals surface area contributed by atoms with Crippen LogP contribution in [0.5, 0.6) is 0 Å². The molecule has 7 heteroatoms. The molecule has 0 radical (unpaired) electrons. The van der Waals surface area contributed by atoms with Crippen LogP contribution in [0.25, 0.3) is 0 Å². The topological polar surface area (TPSA) is 58.6 Å². The zero-order valence-corrected chi connectivity index (χ0v) is 14.0. The van der Waals surface area contributed by atoms with Gasteiger partial charge in [0.1, 0.15) is 5.82 Å². The Morgan fingerprint density at radius 1 is 1.40 bits per heavy atom. The van der Waals surface area contributed by atoms with Crippen LogP contribution in [-0.2, 0) is 11.2 Å². The first kappa shape index (κ1) is 16.0. The number of nitrogens with zero attached hydrogens (tertiary/aromatic N) is 4. The van der Waals surface area contributed by atoms with E-state index in [1.165, 1.54) is 0 Å². The molecule has 0 N–H and O–H groups in total. The summed E-state index contributed by atoms with van der Waals surface area (Å²) < 4.78 is 20.1. The third-order valence-corrected chi connectivity index (χ3v) is 4.81. The molecule has 0 amide bonds. The number of aromatic nitrogens is 2. The summed E-state index contributed by atoms with van der Waals surface area (Å²) in [6, 6.07) is 3.85. The highest BCUT2D eigenvalue weighted by Crippen LogP contribution is 2.42. The van der Waals surface area contributed by atoms with Crippen molar-refractivity contribution in [2.75, 3.05) is 36.1 Å². The molecule has 130 valence electrons. The molecule has 4 heterocycles. The fourth-order valence-corrected chi connectivity index (χ4v) is 3.62. The zero-order valence-electron chi connectivity index (χ0n) is 14.0. The van der Waals surface area contributed by atoms with E-state index in [-0.39, 0.29) is 11.6 Å². The van der Waals surface area contributed by atoms with Crippen molar-refractivity contribution in [2.45, 2.75) is 19.4 Å². The molecule has 0 spiro atoms. The van der Waals surface area contributed by atoms with Crippen LogP contribution in [0.1, 0.15) is 22.8 Å². The highest BCUT2D eigenvalue weighted by molar-refractivity contribution is 5.91. The van der Waals surface area contributed by atoms with Crippen molar-refractivity contribution >= 4 is 23.5 Å². The highest BCUT2D eigenvalue weighted by atomic mass is 19.1. The molecule has 1 atom stereocenters. The number of ether oxygens (including phenoxy) is 1. The molecule has 2 aromatic heterocycles. The zero-order chi connectivity index (χ0) is 17.4. The Labute approximate surface area is 145 Å². The Hall–Kier alpha value is -2.54. The van der Waals surface area contributed by atoms with Crippen LogP contribution in [0, 0.1) is 5.95 Å². The summed E-state index contributed by atoms with van der Waals surface area (Å²) in [4.78, 5) is 23.9. The van der Waals surface area contributed by atoms with E-state index in [2.05, 4.69) is 14.9 Å². The lowest BCUT2D eigenvalue weighted by Crippen LogP contribution is -2.44. The minimum Gasteiger partial charge on any atom is -0.377 e. The molecular weight excluding hydrogens is 323 g/mol. The van der Waals surface area contributed by atoms with Gasteiger partial charge in [0.25, 0.3) is 0 Å². The Balaban J connectivity index is 1.86. The predicted octanol–water partition coefficient (Wildman–Crippen LogP) is 2.35. The Morgan fingerprint density at radius 2 is 2.28 bits per heavy atom. The number of anilines is 3. The third-order valence-electron chi connectivity index (χ3n) is 4.81. The lowest BCUT2D eigenvalue weighted by atomic mass is 10.1. The molecule has 0 bridgehead atoms. The maximum atomic E-state index is 14.6. The summed E-state index contributed by atoms with van der Waals surface area (Å²) in [5.74, 6) is -0.0986. The van der Waals surface area contributed by atoms with Crippen molar-refractivity contribution in [3.05, 3.63) is 41.6 Å². The molecule has 4 rings (SSSR count). The molecule has 0 saturated carbocycles. The SMILES string of the molecule is C[C@@H]1COCCN1c1nc(F)c(C=O)c2c1CCN2c1cccnc1. The Bertz CT molecular complexity index is 799. The number of hydrogen-bond acceptors (Lipinski definition) is 6. The first-order valence-corrected chi connectivity index (χ1v) is 8.40. The van der Waals surface area contributed by atoms with E-state index in [0.29, 0.717) is 50.5 Å². The van der Waals surface area contributed by atoms with Gasteiger partial charge >= 0.3 is 0 Å². The number of hydrogen-bond donors (Lipinski definition) is 0. The van der Waals surface area contributed by atoms with Gasteiger partial charge in [0, 0.05) is 24.8 Å². The number of morpholine rings is 1. The smallest absolute Gasteiger partial charge is 0.227 e. The number of carbonyl (C=O) groups is 1. The lowest BCUT2D eigenvalue weighted by molar-refractivity contribution is 0.0983.